The van der Waals surface area contributed by atoms with Crippen LogP contribution in [0.15, 0.2) is 42.5 Å². The lowest BCUT2D eigenvalue weighted by molar-refractivity contribution is -0.0667. The van der Waals surface area contributed by atoms with Crippen molar-refractivity contribution in [1.29, 1.82) is 0 Å². The van der Waals surface area contributed by atoms with Crippen molar-refractivity contribution in [3.63, 3.8) is 0 Å². The van der Waals surface area contributed by atoms with E-state index in [1.807, 2.05) is 30.4 Å². The first kappa shape index (κ1) is 11.0. The third-order valence-corrected chi connectivity index (χ3v) is 1.95. The summed E-state index contributed by atoms with van der Waals surface area (Å²) >= 11 is 0. The van der Waals surface area contributed by atoms with Crippen LogP contribution in [0.3, 0.4) is 0 Å². The molecule has 0 bridgehead atoms. The molecule has 0 atom stereocenters. The standard InChI is InChI=1S/C12H16O2/c1-13-12(14-2)10-6-9-11-7-4-3-5-8-11/h3-8,10,12H,9H2,1-2H3/b10-6-. The van der Waals surface area contributed by atoms with E-state index in [9.17, 15) is 0 Å². The number of ether oxygens (including phenoxy) is 2. The zero-order valence-corrected chi connectivity index (χ0v) is 8.64. The molecule has 1 rings (SSSR count). The molecule has 0 N–H and O–H groups in total. The molecule has 0 aliphatic rings. The first-order chi connectivity index (χ1) is 6.86. The lowest BCUT2D eigenvalue weighted by Gasteiger charge is -2.07. The summed E-state index contributed by atoms with van der Waals surface area (Å²) in [5.74, 6) is 0. The SMILES string of the molecule is COC(/C=C\Cc1ccccc1)OC. The summed E-state index contributed by atoms with van der Waals surface area (Å²) in [6.45, 7) is 0. The summed E-state index contributed by atoms with van der Waals surface area (Å²) in [5.41, 5.74) is 1.29. The first-order valence-corrected chi connectivity index (χ1v) is 4.63. The normalized spacial score (nSPS) is 11.4. The minimum absolute atomic E-state index is 0.237. The van der Waals surface area contributed by atoms with Crippen LogP contribution in [0, 0.1) is 0 Å². The van der Waals surface area contributed by atoms with Gasteiger partial charge in [0.1, 0.15) is 0 Å². The highest BCUT2D eigenvalue weighted by molar-refractivity contribution is 5.17. The van der Waals surface area contributed by atoms with Crippen molar-refractivity contribution in [3.8, 4) is 0 Å². The summed E-state index contributed by atoms with van der Waals surface area (Å²) in [6, 6.07) is 10.3. The van der Waals surface area contributed by atoms with Crippen LogP contribution in [0.25, 0.3) is 0 Å². The zero-order chi connectivity index (χ0) is 10.2. The second-order valence-corrected chi connectivity index (χ2v) is 2.96. The Bertz CT molecular complexity index is 263. The average molecular weight is 192 g/mol. The number of allylic oxidation sites excluding steroid dienone is 1. The van der Waals surface area contributed by atoms with Gasteiger partial charge in [0.05, 0.1) is 0 Å². The highest BCUT2D eigenvalue weighted by atomic mass is 16.7. The molecule has 2 heteroatoms. The fourth-order valence-electron chi connectivity index (χ4n) is 1.18. The van der Waals surface area contributed by atoms with Gasteiger partial charge in [0.25, 0.3) is 0 Å². The van der Waals surface area contributed by atoms with Crippen LogP contribution in [0.2, 0.25) is 0 Å². The summed E-state index contributed by atoms with van der Waals surface area (Å²) in [7, 11) is 3.25. The van der Waals surface area contributed by atoms with Crippen molar-refractivity contribution in [1.82, 2.24) is 0 Å². The molecule has 0 saturated heterocycles. The lowest BCUT2D eigenvalue weighted by Crippen LogP contribution is -2.08. The quantitative estimate of drug-likeness (QED) is 0.527. The molecular weight excluding hydrogens is 176 g/mol. The number of hydrogen-bond acceptors (Lipinski definition) is 2. The molecule has 0 aliphatic heterocycles. The molecule has 0 heterocycles. The molecule has 14 heavy (non-hydrogen) atoms. The smallest absolute Gasteiger partial charge is 0.176 e. The Hall–Kier alpha value is -1.12. The fraction of sp³-hybridized carbons (Fsp3) is 0.333. The van der Waals surface area contributed by atoms with Crippen molar-refractivity contribution in [2.75, 3.05) is 14.2 Å². The predicted octanol–water partition coefficient (Wildman–Crippen LogP) is 2.40. The lowest BCUT2D eigenvalue weighted by atomic mass is 10.1. The van der Waals surface area contributed by atoms with Crippen molar-refractivity contribution in [2.24, 2.45) is 0 Å². The molecule has 0 radical (unpaired) electrons. The molecular formula is C12H16O2. The van der Waals surface area contributed by atoms with Gasteiger partial charge in [0.2, 0.25) is 0 Å². The van der Waals surface area contributed by atoms with Gasteiger partial charge in [-0.05, 0) is 18.1 Å². The van der Waals surface area contributed by atoms with Crippen molar-refractivity contribution in [2.45, 2.75) is 12.7 Å². The summed E-state index contributed by atoms with van der Waals surface area (Å²) in [6.07, 6.45) is 4.63. The number of rotatable bonds is 5. The highest BCUT2D eigenvalue weighted by Gasteiger charge is 1.96. The number of hydrogen-bond donors (Lipinski definition) is 0. The third kappa shape index (κ3) is 3.73. The van der Waals surface area contributed by atoms with Gasteiger partial charge in [-0.1, -0.05) is 36.4 Å². The Kier molecular flexibility index (Phi) is 4.97. The molecule has 0 unspecified atom stereocenters. The van der Waals surface area contributed by atoms with E-state index in [-0.39, 0.29) is 6.29 Å². The van der Waals surface area contributed by atoms with Crippen LogP contribution in [0.4, 0.5) is 0 Å². The predicted molar refractivity (Wildman–Crippen MR) is 57.1 cm³/mol. The molecule has 1 aromatic rings. The Morgan fingerprint density at radius 1 is 1.14 bits per heavy atom. The maximum Gasteiger partial charge on any atom is 0.176 e. The molecule has 0 amide bonds. The summed E-state index contributed by atoms with van der Waals surface area (Å²) in [4.78, 5) is 0. The topological polar surface area (TPSA) is 18.5 Å². The largest absolute Gasteiger partial charge is 0.352 e. The number of benzene rings is 1. The Labute approximate surface area is 85.2 Å². The molecule has 0 spiro atoms. The van der Waals surface area contributed by atoms with E-state index < -0.39 is 0 Å². The van der Waals surface area contributed by atoms with Crippen LogP contribution < -0.4 is 0 Å². The van der Waals surface area contributed by atoms with E-state index in [4.69, 9.17) is 9.47 Å². The minimum atomic E-state index is -0.237. The van der Waals surface area contributed by atoms with Crippen LogP contribution in [-0.2, 0) is 15.9 Å². The van der Waals surface area contributed by atoms with E-state index in [1.165, 1.54) is 5.56 Å². The second-order valence-electron chi connectivity index (χ2n) is 2.96. The van der Waals surface area contributed by atoms with Gasteiger partial charge in [-0.15, -0.1) is 0 Å². The fourth-order valence-corrected chi connectivity index (χ4v) is 1.18. The van der Waals surface area contributed by atoms with Crippen molar-refractivity contribution < 1.29 is 9.47 Å². The molecule has 0 aromatic heterocycles. The Balaban J connectivity index is 2.40. The van der Waals surface area contributed by atoms with Crippen molar-refractivity contribution >= 4 is 0 Å². The van der Waals surface area contributed by atoms with Gasteiger partial charge >= 0.3 is 0 Å². The van der Waals surface area contributed by atoms with E-state index in [0.717, 1.165) is 6.42 Å². The average Bonchev–Trinajstić information content (AvgIpc) is 2.26. The molecule has 0 aliphatic carbocycles. The van der Waals surface area contributed by atoms with Gasteiger partial charge < -0.3 is 9.47 Å². The molecule has 0 saturated carbocycles. The van der Waals surface area contributed by atoms with E-state index >= 15 is 0 Å². The van der Waals surface area contributed by atoms with Gasteiger partial charge in [-0.3, -0.25) is 0 Å². The van der Waals surface area contributed by atoms with Gasteiger partial charge in [0, 0.05) is 14.2 Å². The monoisotopic (exact) mass is 192 g/mol. The maximum absolute atomic E-state index is 5.03. The Morgan fingerprint density at radius 2 is 1.79 bits per heavy atom. The van der Waals surface area contributed by atoms with Gasteiger partial charge in [-0.2, -0.15) is 0 Å². The number of methoxy groups -OCH3 is 2. The zero-order valence-electron chi connectivity index (χ0n) is 8.64. The van der Waals surface area contributed by atoms with Gasteiger partial charge in [0.15, 0.2) is 6.29 Å². The second kappa shape index (κ2) is 6.35. The molecule has 76 valence electrons. The maximum atomic E-state index is 5.03. The summed E-state index contributed by atoms with van der Waals surface area (Å²) in [5, 5.41) is 0. The summed E-state index contributed by atoms with van der Waals surface area (Å²) < 4.78 is 10.1. The van der Waals surface area contributed by atoms with Gasteiger partial charge in [-0.25, -0.2) is 0 Å². The van der Waals surface area contributed by atoms with E-state index in [0.29, 0.717) is 0 Å². The van der Waals surface area contributed by atoms with Crippen LogP contribution in [0.1, 0.15) is 5.56 Å². The third-order valence-electron chi connectivity index (χ3n) is 1.95. The van der Waals surface area contributed by atoms with E-state index in [2.05, 4.69) is 12.1 Å². The molecule has 1 aromatic carbocycles. The Morgan fingerprint density at radius 3 is 2.36 bits per heavy atom. The first-order valence-electron chi connectivity index (χ1n) is 4.63. The minimum Gasteiger partial charge on any atom is -0.352 e. The molecule has 2 nitrogen and oxygen atoms in total. The highest BCUT2D eigenvalue weighted by Crippen LogP contribution is 2.01. The van der Waals surface area contributed by atoms with Crippen LogP contribution in [0.5, 0.6) is 0 Å². The van der Waals surface area contributed by atoms with E-state index in [1.54, 1.807) is 14.2 Å². The van der Waals surface area contributed by atoms with Crippen LogP contribution >= 0.6 is 0 Å². The van der Waals surface area contributed by atoms with Crippen molar-refractivity contribution in [3.05, 3.63) is 48.0 Å². The molecule has 0 fully saturated rings. The van der Waals surface area contributed by atoms with Crippen LogP contribution in [-0.4, -0.2) is 20.5 Å².